The molecule has 20 heavy (non-hydrogen) atoms. The number of amides is 1. The van der Waals surface area contributed by atoms with Crippen molar-refractivity contribution in [3.63, 3.8) is 0 Å². The number of carbonyl (C=O) groups excluding carboxylic acids is 1. The van der Waals surface area contributed by atoms with Gasteiger partial charge >= 0.3 is 0 Å². The Kier molecular flexibility index (Phi) is 4.16. The molecule has 0 atom stereocenters. The molecular formula is C15H24N4O. The quantitative estimate of drug-likeness (QED) is 0.894. The average molecular weight is 276 g/mol. The van der Waals surface area contributed by atoms with Crippen molar-refractivity contribution in [1.82, 2.24) is 9.88 Å². The summed E-state index contributed by atoms with van der Waals surface area (Å²) < 4.78 is 0. The van der Waals surface area contributed by atoms with Crippen molar-refractivity contribution in [3.8, 4) is 0 Å². The fourth-order valence-corrected chi connectivity index (χ4v) is 2.45. The second-order valence-electron chi connectivity index (χ2n) is 6.54. The van der Waals surface area contributed by atoms with Crippen molar-refractivity contribution in [2.45, 2.75) is 27.2 Å². The molecule has 1 aromatic rings. The minimum atomic E-state index is 0.0454. The number of rotatable bonds is 2. The zero-order valence-corrected chi connectivity index (χ0v) is 12.6. The predicted octanol–water partition coefficient (Wildman–Crippen LogP) is 1.75. The molecule has 1 aliphatic rings. The van der Waals surface area contributed by atoms with Crippen LogP contribution in [0.1, 0.15) is 27.2 Å². The molecule has 1 aliphatic heterocycles. The maximum Gasteiger partial charge on any atom is 0.223 e. The minimum Gasteiger partial charge on any atom is -0.396 e. The topological polar surface area (TPSA) is 62.5 Å². The number of nitrogens with two attached hydrogens (primary N) is 1. The van der Waals surface area contributed by atoms with E-state index >= 15 is 0 Å². The fourth-order valence-electron chi connectivity index (χ4n) is 2.45. The summed E-state index contributed by atoms with van der Waals surface area (Å²) in [4.78, 5) is 20.4. The number of anilines is 2. The van der Waals surface area contributed by atoms with Crippen LogP contribution in [0.15, 0.2) is 18.5 Å². The van der Waals surface area contributed by atoms with E-state index in [1.54, 1.807) is 12.4 Å². The van der Waals surface area contributed by atoms with E-state index in [4.69, 9.17) is 5.73 Å². The van der Waals surface area contributed by atoms with Crippen LogP contribution in [0.4, 0.5) is 11.4 Å². The maximum atomic E-state index is 12.2. The maximum absolute atomic E-state index is 12.2. The van der Waals surface area contributed by atoms with Gasteiger partial charge in [-0.05, 0) is 11.5 Å². The summed E-state index contributed by atoms with van der Waals surface area (Å²) in [5.74, 6) is 0.250. The Morgan fingerprint density at radius 3 is 2.50 bits per heavy atom. The molecule has 1 aromatic heterocycles. The minimum absolute atomic E-state index is 0.0454. The Hall–Kier alpha value is -1.78. The van der Waals surface area contributed by atoms with Gasteiger partial charge in [0, 0.05) is 38.8 Å². The van der Waals surface area contributed by atoms with Crippen molar-refractivity contribution in [1.29, 1.82) is 0 Å². The van der Waals surface area contributed by atoms with Gasteiger partial charge < -0.3 is 15.5 Å². The molecule has 2 rings (SSSR count). The third kappa shape index (κ3) is 3.62. The molecule has 0 aromatic carbocycles. The smallest absolute Gasteiger partial charge is 0.223 e. The number of nitrogens with zero attached hydrogens (tertiary/aromatic N) is 3. The van der Waals surface area contributed by atoms with Gasteiger partial charge in [-0.2, -0.15) is 0 Å². The average Bonchev–Trinajstić information content (AvgIpc) is 2.37. The molecule has 0 aliphatic carbocycles. The molecule has 2 heterocycles. The van der Waals surface area contributed by atoms with Crippen LogP contribution in [0.3, 0.4) is 0 Å². The standard InChI is InChI=1S/C15H24N4O/c1-15(2,3)10-14(20)19-8-6-18(7-9-19)13-4-5-17-11-12(13)16/h4-5,11H,6-10,16H2,1-3H3. The molecule has 5 heteroatoms. The van der Waals surface area contributed by atoms with Gasteiger partial charge in [0.15, 0.2) is 0 Å². The van der Waals surface area contributed by atoms with E-state index in [0.717, 1.165) is 31.9 Å². The molecule has 0 unspecified atom stereocenters. The van der Waals surface area contributed by atoms with E-state index in [2.05, 4.69) is 30.7 Å². The third-order valence-corrected chi connectivity index (χ3v) is 3.48. The first-order valence-electron chi connectivity index (χ1n) is 7.09. The number of piperazine rings is 1. The molecule has 0 radical (unpaired) electrons. The summed E-state index contributed by atoms with van der Waals surface area (Å²) in [6, 6.07) is 1.93. The number of nitrogen functional groups attached to an aromatic ring is 1. The second kappa shape index (κ2) is 5.69. The van der Waals surface area contributed by atoms with E-state index in [0.29, 0.717) is 12.1 Å². The van der Waals surface area contributed by atoms with Gasteiger partial charge in [-0.15, -0.1) is 0 Å². The van der Waals surface area contributed by atoms with Gasteiger partial charge in [0.05, 0.1) is 17.6 Å². The lowest BCUT2D eigenvalue weighted by Crippen LogP contribution is -2.49. The summed E-state index contributed by atoms with van der Waals surface area (Å²) in [6.45, 7) is 9.46. The Bertz CT molecular complexity index is 473. The zero-order valence-electron chi connectivity index (χ0n) is 12.6. The van der Waals surface area contributed by atoms with Gasteiger partial charge in [-0.1, -0.05) is 20.8 Å². The van der Waals surface area contributed by atoms with Crippen molar-refractivity contribution in [2.75, 3.05) is 36.8 Å². The highest BCUT2D eigenvalue weighted by atomic mass is 16.2. The van der Waals surface area contributed by atoms with E-state index in [1.165, 1.54) is 0 Å². The summed E-state index contributed by atoms with van der Waals surface area (Å²) in [7, 11) is 0. The first-order chi connectivity index (χ1) is 9.37. The molecule has 0 spiro atoms. The molecule has 2 N–H and O–H groups in total. The highest BCUT2D eigenvalue weighted by Crippen LogP contribution is 2.24. The number of hydrogen-bond acceptors (Lipinski definition) is 4. The summed E-state index contributed by atoms with van der Waals surface area (Å²) in [5.41, 5.74) is 7.70. The lowest BCUT2D eigenvalue weighted by Gasteiger charge is -2.37. The van der Waals surface area contributed by atoms with Crippen molar-refractivity contribution in [2.24, 2.45) is 5.41 Å². The van der Waals surface area contributed by atoms with E-state index in [9.17, 15) is 4.79 Å². The lowest BCUT2D eigenvalue weighted by atomic mass is 9.91. The van der Waals surface area contributed by atoms with Crippen LogP contribution in [0, 0.1) is 5.41 Å². The highest BCUT2D eigenvalue weighted by Gasteiger charge is 2.25. The molecule has 1 amide bonds. The van der Waals surface area contributed by atoms with Crippen LogP contribution in [0.2, 0.25) is 0 Å². The van der Waals surface area contributed by atoms with Crippen molar-refractivity contribution >= 4 is 17.3 Å². The SMILES string of the molecule is CC(C)(C)CC(=O)N1CCN(c2ccncc2N)CC1. The Labute approximate surface area is 120 Å². The molecule has 0 saturated carbocycles. The first kappa shape index (κ1) is 14.6. The number of hydrogen-bond donors (Lipinski definition) is 1. The van der Waals surface area contributed by atoms with E-state index < -0.39 is 0 Å². The van der Waals surface area contributed by atoms with Gasteiger partial charge in [-0.25, -0.2) is 0 Å². The van der Waals surface area contributed by atoms with Crippen LogP contribution in [-0.4, -0.2) is 42.0 Å². The Morgan fingerprint density at radius 2 is 1.95 bits per heavy atom. The summed E-state index contributed by atoms with van der Waals surface area (Å²) in [6.07, 6.45) is 4.03. The molecule has 5 nitrogen and oxygen atoms in total. The molecule has 1 saturated heterocycles. The molecule has 0 bridgehead atoms. The molecule has 110 valence electrons. The van der Waals surface area contributed by atoms with Crippen molar-refractivity contribution in [3.05, 3.63) is 18.5 Å². The zero-order chi connectivity index (χ0) is 14.8. The third-order valence-electron chi connectivity index (χ3n) is 3.48. The summed E-state index contributed by atoms with van der Waals surface area (Å²) in [5, 5.41) is 0. The fraction of sp³-hybridized carbons (Fsp3) is 0.600. The lowest BCUT2D eigenvalue weighted by molar-refractivity contribution is -0.133. The van der Waals surface area contributed by atoms with Crippen LogP contribution < -0.4 is 10.6 Å². The molecular weight excluding hydrogens is 252 g/mol. The van der Waals surface area contributed by atoms with E-state index in [1.807, 2.05) is 11.0 Å². The highest BCUT2D eigenvalue weighted by molar-refractivity contribution is 5.77. The number of aromatic nitrogens is 1. The summed E-state index contributed by atoms with van der Waals surface area (Å²) >= 11 is 0. The van der Waals surface area contributed by atoms with Crippen LogP contribution in [-0.2, 0) is 4.79 Å². The largest absolute Gasteiger partial charge is 0.396 e. The predicted molar refractivity (Wildman–Crippen MR) is 81.5 cm³/mol. The van der Waals surface area contributed by atoms with Gasteiger partial charge in [0.25, 0.3) is 0 Å². The molecule has 1 fully saturated rings. The number of carbonyl (C=O) groups is 1. The number of pyridine rings is 1. The van der Waals surface area contributed by atoms with Crippen LogP contribution in [0.25, 0.3) is 0 Å². The monoisotopic (exact) mass is 276 g/mol. The van der Waals surface area contributed by atoms with Crippen LogP contribution >= 0.6 is 0 Å². The van der Waals surface area contributed by atoms with Gasteiger partial charge in [0.2, 0.25) is 5.91 Å². The van der Waals surface area contributed by atoms with Gasteiger partial charge in [-0.3, -0.25) is 9.78 Å². The Balaban J connectivity index is 1.93. The second-order valence-corrected chi connectivity index (χ2v) is 6.54. The van der Waals surface area contributed by atoms with Crippen LogP contribution in [0.5, 0.6) is 0 Å². The van der Waals surface area contributed by atoms with Gasteiger partial charge in [0.1, 0.15) is 0 Å². The van der Waals surface area contributed by atoms with Crippen molar-refractivity contribution < 1.29 is 4.79 Å². The first-order valence-corrected chi connectivity index (χ1v) is 7.09. The van der Waals surface area contributed by atoms with E-state index in [-0.39, 0.29) is 11.3 Å². The Morgan fingerprint density at radius 1 is 1.30 bits per heavy atom. The normalized spacial score (nSPS) is 16.4.